The molecule has 0 unspecified atom stereocenters. The molecule has 0 saturated heterocycles. The third-order valence-electron chi connectivity index (χ3n) is 4.49. The zero-order chi connectivity index (χ0) is 20.7. The van der Waals surface area contributed by atoms with E-state index < -0.39 is 11.4 Å². The van der Waals surface area contributed by atoms with Gasteiger partial charge in [0.25, 0.3) is 5.56 Å². The average Bonchev–Trinajstić information content (AvgIpc) is 3.11. The molecule has 0 amide bonds. The van der Waals surface area contributed by atoms with E-state index in [0.717, 1.165) is 5.39 Å². The number of nitrogens with one attached hydrogen (secondary N) is 1. The molecule has 5 rings (SSSR count). The number of nitrogens with zero attached hydrogens (tertiary/aromatic N) is 5. The van der Waals surface area contributed by atoms with E-state index in [-0.39, 0.29) is 10.7 Å². The van der Waals surface area contributed by atoms with Gasteiger partial charge >= 0.3 is 0 Å². The second kappa shape index (κ2) is 7.16. The maximum atomic E-state index is 13.6. The van der Waals surface area contributed by atoms with E-state index >= 15 is 0 Å². The zero-order valence-electron chi connectivity index (χ0n) is 15.3. The van der Waals surface area contributed by atoms with Crippen LogP contribution in [0.3, 0.4) is 0 Å². The van der Waals surface area contributed by atoms with Crippen molar-refractivity contribution < 1.29 is 4.39 Å². The summed E-state index contributed by atoms with van der Waals surface area (Å²) in [6.07, 6.45) is 1.42. The van der Waals surface area contributed by atoms with Crippen molar-refractivity contribution in [2.45, 2.75) is 0 Å². The van der Waals surface area contributed by atoms with Crippen molar-refractivity contribution in [1.82, 2.24) is 24.6 Å². The van der Waals surface area contributed by atoms with E-state index in [4.69, 9.17) is 11.6 Å². The van der Waals surface area contributed by atoms with Crippen LogP contribution in [0.4, 0.5) is 16.0 Å². The molecular weight excluding hydrogens is 407 g/mol. The summed E-state index contributed by atoms with van der Waals surface area (Å²) in [6.45, 7) is 0. The molecule has 3 heterocycles. The first-order valence-electron chi connectivity index (χ1n) is 8.93. The van der Waals surface area contributed by atoms with Gasteiger partial charge in [0.05, 0.1) is 10.5 Å². The molecule has 2 aromatic carbocycles. The van der Waals surface area contributed by atoms with Gasteiger partial charge in [-0.1, -0.05) is 29.8 Å². The molecule has 9 heteroatoms. The van der Waals surface area contributed by atoms with Crippen LogP contribution < -0.4 is 10.9 Å². The number of aromatic nitrogens is 5. The van der Waals surface area contributed by atoms with E-state index in [2.05, 4.69) is 25.4 Å². The van der Waals surface area contributed by atoms with Crippen LogP contribution in [0.25, 0.3) is 27.9 Å². The number of halogens is 2. The van der Waals surface area contributed by atoms with Crippen LogP contribution in [0.5, 0.6) is 0 Å². The first-order valence-corrected chi connectivity index (χ1v) is 9.31. The smallest absolute Gasteiger partial charge is 0.293 e. The second-order valence-corrected chi connectivity index (χ2v) is 6.83. The highest BCUT2D eigenvalue weighted by Gasteiger charge is 2.16. The molecule has 0 aliphatic heterocycles. The van der Waals surface area contributed by atoms with E-state index in [1.807, 2.05) is 24.3 Å². The molecular formula is C21H12ClFN6O. The summed E-state index contributed by atoms with van der Waals surface area (Å²) in [4.78, 5) is 25.2. The molecule has 1 N–H and O–H groups in total. The molecule has 5 aromatic rings. The lowest BCUT2D eigenvalue weighted by molar-refractivity contribution is 0.628. The van der Waals surface area contributed by atoms with Crippen LogP contribution in [0, 0.1) is 5.82 Å². The largest absolute Gasteiger partial charge is 0.319 e. The minimum absolute atomic E-state index is 0.0217. The van der Waals surface area contributed by atoms with Crippen molar-refractivity contribution in [1.29, 1.82) is 0 Å². The Morgan fingerprint density at radius 2 is 1.83 bits per heavy atom. The molecule has 0 radical (unpaired) electrons. The quantitative estimate of drug-likeness (QED) is 0.472. The number of hydrogen-bond acceptors (Lipinski definition) is 6. The lowest BCUT2D eigenvalue weighted by Crippen LogP contribution is -2.11. The number of hydrogen-bond donors (Lipinski definition) is 1. The third kappa shape index (κ3) is 3.13. The molecule has 7 nitrogen and oxygen atoms in total. The SMILES string of the molecule is O=c1nccccc1Nc1nc2ccccc2c2nc(-c3ccc(F)c(Cl)c3)nn12. The average molecular weight is 419 g/mol. The fourth-order valence-electron chi connectivity index (χ4n) is 3.06. The Hall–Kier alpha value is -3.91. The van der Waals surface area contributed by atoms with Gasteiger partial charge in [-0.2, -0.15) is 4.52 Å². The predicted octanol–water partition coefficient (Wildman–Crippen LogP) is 4.24. The van der Waals surface area contributed by atoms with Crippen molar-refractivity contribution >= 4 is 39.8 Å². The Morgan fingerprint density at radius 1 is 1.00 bits per heavy atom. The van der Waals surface area contributed by atoms with Crippen molar-refractivity contribution in [3.05, 3.63) is 88.1 Å². The standard InChI is InChI=1S/C21H12ClFN6O/c22-14-11-12(8-9-15(14)23)18-27-19-13-5-1-2-6-16(13)25-21(29(19)28-18)26-17-7-3-4-10-24-20(17)30/h1-11H,(H,24,25,26,30). The van der Waals surface area contributed by atoms with Gasteiger partial charge in [0.1, 0.15) is 11.5 Å². The van der Waals surface area contributed by atoms with Crippen LogP contribution in [0.15, 0.2) is 71.7 Å². The summed E-state index contributed by atoms with van der Waals surface area (Å²) >= 11 is 5.92. The molecule has 3 aromatic heterocycles. The first kappa shape index (κ1) is 18.1. The van der Waals surface area contributed by atoms with Crippen LogP contribution in [-0.2, 0) is 0 Å². The molecule has 0 saturated carbocycles. The van der Waals surface area contributed by atoms with E-state index in [0.29, 0.717) is 28.5 Å². The summed E-state index contributed by atoms with van der Waals surface area (Å²) in [6, 6.07) is 16.7. The summed E-state index contributed by atoms with van der Waals surface area (Å²) in [5.74, 6) is 0.115. The zero-order valence-corrected chi connectivity index (χ0v) is 16.0. The molecule has 0 aliphatic carbocycles. The molecule has 0 bridgehead atoms. The molecule has 30 heavy (non-hydrogen) atoms. The van der Waals surface area contributed by atoms with Crippen LogP contribution in [0.2, 0.25) is 5.02 Å². The fraction of sp³-hybridized carbons (Fsp3) is 0. The third-order valence-corrected chi connectivity index (χ3v) is 4.78. The Balaban J connectivity index is 1.75. The topological polar surface area (TPSA) is 85.1 Å². The van der Waals surface area contributed by atoms with Crippen LogP contribution in [0.1, 0.15) is 0 Å². The summed E-state index contributed by atoms with van der Waals surface area (Å²) < 4.78 is 15.1. The number of fused-ring (bicyclic) bond motifs is 3. The number of anilines is 2. The van der Waals surface area contributed by atoms with Gasteiger partial charge in [-0.3, -0.25) is 4.79 Å². The van der Waals surface area contributed by atoms with Gasteiger partial charge < -0.3 is 5.32 Å². The summed E-state index contributed by atoms with van der Waals surface area (Å²) in [5, 5.41) is 8.27. The van der Waals surface area contributed by atoms with Crippen LogP contribution >= 0.6 is 11.6 Å². The molecule has 0 spiro atoms. The fourth-order valence-corrected chi connectivity index (χ4v) is 3.24. The normalized spacial score (nSPS) is 11.1. The van der Waals surface area contributed by atoms with Gasteiger partial charge in [-0.05, 0) is 42.5 Å². The highest BCUT2D eigenvalue weighted by molar-refractivity contribution is 6.31. The molecule has 146 valence electrons. The second-order valence-electron chi connectivity index (χ2n) is 6.43. The lowest BCUT2D eigenvalue weighted by atomic mass is 10.2. The molecule has 0 atom stereocenters. The Morgan fingerprint density at radius 3 is 2.70 bits per heavy atom. The van der Waals surface area contributed by atoms with Gasteiger partial charge in [0.15, 0.2) is 11.5 Å². The Kier molecular flexibility index (Phi) is 4.33. The maximum Gasteiger partial charge on any atom is 0.293 e. The van der Waals surface area contributed by atoms with Gasteiger partial charge in [0.2, 0.25) is 5.95 Å². The number of rotatable bonds is 3. The molecule has 0 fully saturated rings. The van der Waals surface area contributed by atoms with Gasteiger partial charge in [0, 0.05) is 17.1 Å². The van der Waals surface area contributed by atoms with E-state index in [9.17, 15) is 9.18 Å². The number of benzene rings is 2. The lowest BCUT2D eigenvalue weighted by Gasteiger charge is -2.07. The minimum Gasteiger partial charge on any atom is -0.319 e. The van der Waals surface area contributed by atoms with Crippen molar-refractivity contribution in [2.24, 2.45) is 0 Å². The van der Waals surface area contributed by atoms with Crippen molar-refractivity contribution in [3.8, 4) is 11.4 Å². The summed E-state index contributed by atoms with van der Waals surface area (Å²) in [7, 11) is 0. The monoisotopic (exact) mass is 418 g/mol. The van der Waals surface area contributed by atoms with Crippen LogP contribution in [-0.4, -0.2) is 24.6 Å². The first-order chi connectivity index (χ1) is 14.6. The van der Waals surface area contributed by atoms with Crippen molar-refractivity contribution in [3.63, 3.8) is 0 Å². The molecule has 0 aliphatic rings. The van der Waals surface area contributed by atoms with E-state index in [1.54, 1.807) is 24.3 Å². The van der Waals surface area contributed by atoms with Crippen molar-refractivity contribution in [2.75, 3.05) is 5.32 Å². The highest BCUT2D eigenvalue weighted by atomic mass is 35.5. The summed E-state index contributed by atoms with van der Waals surface area (Å²) in [5.41, 5.74) is 1.56. The minimum atomic E-state index is -0.522. The maximum absolute atomic E-state index is 13.6. The number of para-hydroxylation sites is 1. The Labute approximate surface area is 173 Å². The van der Waals surface area contributed by atoms with E-state index in [1.165, 1.54) is 22.8 Å². The van der Waals surface area contributed by atoms with Gasteiger partial charge in [-0.15, -0.1) is 5.10 Å². The predicted molar refractivity (Wildman–Crippen MR) is 112 cm³/mol. The Bertz CT molecular complexity index is 1490. The highest BCUT2D eigenvalue weighted by Crippen LogP contribution is 2.27. The van der Waals surface area contributed by atoms with Gasteiger partial charge in [-0.25, -0.2) is 19.3 Å².